The van der Waals surface area contributed by atoms with Gasteiger partial charge in [0.2, 0.25) is 0 Å². The van der Waals surface area contributed by atoms with Gasteiger partial charge in [-0.25, -0.2) is 8.78 Å². The Kier molecular flexibility index (Phi) is 3.70. The van der Waals surface area contributed by atoms with Crippen LogP contribution in [0.3, 0.4) is 0 Å². The SMILES string of the molecule is Nc1c(F)cc(F)cc1Cn1ccc(=O)c2ccc(Br)cc21. The van der Waals surface area contributed by atoms with Crippen molar-refractivity contribution in [3.63, 3.8) is 0 Å². The maximum atomic E-state index is 13.6. The van der Waals surface area contributed by atoms with Crippen LogP contribution in [0.25, 0.3) is 10.9 Å². The molecule has 22 heavy (non-hydrogen) atoms. The van der Waals surface area contributed by atoms with Crippen LogP contribution in [0.5, 0.6) is 0 Å². The summed E-state index contributed by atoms with van der Waals surface area (Å²) in [6.45, 7) is 0.160. The summed E-state index contributed by atoms with van der Waals surface area (Å²) in [6.07, 6.45) is 1.58. The number of aromatic nitrogens is 1. The maximum Gasteiger partial charge on any atom is 0.189 e. The van der Waals surface area contributed by atoms with E-state index in [2.05, 4.69) is 15.9 Å². The molecular formula is C16H11BrF2N2O. The lowest BCUT2D eigenvalue weighted by molar-refractivity contribution is 0.581. The zero-order valence-corrected chi connectivity index (χ0v) is 12.9. The number of fused-ring (bicyclic) bond motifs is 1. The van der Waals surface area contributed by atoms with Crippen molar-refractivity contribution in [2.24, 2.45) is 0 Å². The normalized spacial score (nSPS) is 11.0. The largest absolute Gasteiger partial charge is 0.396 e. The van der Waals surface area contributed by atoms with E-state index < -0.39 is 11.6 Å². The van der Waals surface area contributed by atoms with Crippen molar-refractivity contribution >= 4 is 32.5 Å². The molecule has 0 radical (unpaired) electrons. The van der Waals surface area contributed by atoms with Crippen molar-refractivity contribution in [1.29, 1.82) is 0 Å². The van der Waals surface area contributed by atoms with E-state index in [4.69, 9.17) is 5.73 Å². The number of pyridine rings is 1. The summed E-state index contributed by atoms with van der Waals surface area (Å²) in [5.74, 6) is -1.48. The second-order valence-electron chi connectivity index (χ2n) is 4.93. The topological polar surface area (TPSA) is 48.0 Å². The molecule has 0 saturated heterocycles. The lowest BCUT2D eigenvalue weighted by Crippen LogP contribution is -2.10. The lowest BCUT2D eigenvalue weighted by Gasteiger charge is -2.13. The summed E-state index contributed by atoms with van der Waals surface area (Å²) in [5, 5.41) is 0.529. The third kappa shape index (κ3) is 2.62. The number of nitrogens with zero attached hydrogens (tertiary/aromatic N) is 1. The fourth-order valence-corrected chi connectivity index (χ4v) is 2.72. The molecule has 0 aliphatic rings. The number of nitrogens with two attached hydrogens (primary N) is 1. The predicted molar refractivity (Wildman–Crippen MR) is 85.8 cm³/mol. The summed E-state index contributed by atoms with van der Waals surface area (Å²) < 4.78 is 29.5. The van der Waals surface area contributed by atoms with Crippen LogP contribution < -0.4 is 11.2 Å². The van der Waals surface area contributed by atoms with Gasteiger partial charge in [0.25, 0.3) is 0 Å². The number of nitrogen functional groups attached to an aromatic ring is 1. The highest BCUT2D eigenvalue weighted by molar-refractivity contribution is 9.10. The van der Waals surface area contributed by atoms with Crippen molar-refractivity contribution in [2.45, 2.75) is 6.54 Å². The first-order valence-electron chi connectivity index (χ1n) is 6.48. The highest BCUT2D eigenvalue weighted by Crippen LogP contribution is 2.22. The molecule has 0 aliphatic heterocycles. The van der Waals surface area contributed by atoms with Gasteiger partial charge in [0.15, 0.2) is 5.43 Å². The first kappa shape index (κ1) is 14.7. The Hall–Kier alpha value is -2.21. The minimum Gasteiger partial charge on any atom is -0.396 e. The van der Waals surface area contributed by atoms with E-state index >= 15 is 0 Å². The second kappa shape index (κ2) is 5.53. The second-order valence-corrected chi connectivity index (χ2v) is 5.85. The molecule has 0 amide bonds. The van der Waals surface area contributed by atoms with Crippen molar-refractivity contribution in [1.82, 2.24) is 4.57 Å². The average molecular weight is 365 g/mol. The Morgan fingerprint density at radius 1 is 1.14 bits per heavy atom. The van der Waals surface area contributed by atoms with E-state index in [1.54, 1.807) is 29.0 Å². The third-order valence-electron chi connectivity index (χ3n) is 3.46. The van der Waals surface area contributed by atoms with E-state index in [1.165, 1.54) is 12.1 Å². The van der Waals surface area contributed by atoms with Gasteiger partial charge in [0, 0.05) is 40.3 Å². The zero-order chi connectivity index (χ0) is 15.9. The number of hydrogen-bond acceptors (Lipinski definition) is 2. The summed E-state index contributed by atoms with van der Waals surface area (Å²) in [5.41, 5.74) is 6.45. The highest BCUT2D eigenvalue weighted by atomic mass is 79.9. The van der Waals surface area contributed by atoms with Crippen LogP contribution in [0.15, 0.2) is 51.9 Å². The Morgan fingerprint density at radius 3 is 2.68 bits per heavy atom. The number of halogens is 3. The average Bonchev–Trinajstić information content (AvgIpc) is 2.47. The third-order valence-corrected chi connectivity index (χ3v) is 3.95. The maximum absolute atomic E-state index is 13.6. The Bertz CT molecular complexity index is 937. The quantitative estimate of drug-likeness (QED) is 0.705. The van der Waals surface area contributed by atoms with Gasteiger partial charge < -0.3 is 10.3 Å². The molecule has 0 unspecified atom stereocenters. The van der Waals surface area contributed by atoms with Gasteiger partial charge in [-0.3, -0.25) is 4.79 Å². The molecule has 0 bridgehead atoms. The van der Waals surface area contributed by atoms with Crippen molar-refractivity contribution in [3.8, 4) is 0 Å². The van der Waals surface area contributed by atoms with E-state index in [-0.39, 0.29) is 17.7 Å². The van der Waals surface area contributed by atoms with Gasteiger partial charge in [0.05, 0.1) is 11.2 Å². The van der Waals surface area contributed by atoms with Crippen molar-refractivity contribution < 1.29 is 8.78 Å². The van der Waals surface area contributed by atoms with Gasteiger partial charge in [-0.05, 0) is 24.3 Å². The minimum absolute atomic E-state index is 0.0942. The summed E-state index contributed by atoms with van der Waals surface area (Å²) in [7, 11) is 0. The molecule has 3 rings (SSSR count). The molecule has 2 N–H and O–H groups in total. The molecule has 112 valence electrons. The van der Waals surface area contributed by atoms with E-state index in [9.17, 15) is 13.6 Å². The molecule has 3 aromatic rings. The minimum atomic E-state index is -0.790. The molecule has 3 nitrogen and oxygen atoms in total. The first-order valence-corrected chi connectivity index (χ1v) is 7.27. The Labute approximate surface area is 133 Å². The molecule has 1 aromatic heterocycles. The fraction of sp³-hybridized carbons (Fsp3) is 0.0625. The van der Waals surface area contributed by atoms with Gasteiger partial charge in [-0.15, -0.1) is 0 Å². The van der Waals surface area contributed by atoms with Crippen molar-refractivity contribution in [2.75, 3.05) is 5.73 Å². The number of benzene rings is 2. The lowest BCUT2D eigenvalue weighted by atomic mass is 10.1. The zero-order valence-electron chi connectivity index (χ0n) is 11.3. The van der Waals surface area contributed by atoms with Crippen LogP contribution in [0, 0.1) is 11.6 Å². The molecule has 2 aromatic carbocycles. The van der Waals surface area contributed by atoms with Crippen LogP contribution in [0.4, 0.5) is 14.5 Å². The summed E-state index contributed by atoms with van der Waals surface area (Å²) in [6, 6.07) is 8.61. The van der Waals surface area contributed by atoms with E-state index in [0.29, 0.717) is 16.5 Å². The first-order chi connectivity index (χ1) is 10.5. The van der Waals surface area contributed by atoms with Crippen LogP contribution in [0.2, 0.25) is 0 Å². The molecule has 0 saturated carbocycles. The van der Waals surface area contributed by atoms with Crippen molar-refractivity contribution in [3.05, 3.63) is 74.5 Å². The van der Waals surface area contributed by atoms with Gasteiger partial charge in [-0.2, -0.15) is 0 Å². The highest BCUT2D eigenvalue weighted by Gasteiger charge is 2.10. The van der Waals surface area contributed by atoms with Crippen LogP contribution >= 0.6 is 15.9 Å². The Balaban J connectivity index is 2.18. The van der Waals surface area contributed by atoms with Crippen LogP contribution in [-0.4, -0.2) is 4.57 Å². The summed E-state index contributed by atoms with van der Waals surface area (Å²) in [4.78, 5) is 11.9. The molecular weight excluding hydrogens is 354 g/mol. The molecule has 6 heteroatoms. The van der Waals surface area contributed by atoms with E-state index in [0.717, 1.165) is 10.5 Å². The molecule has 0 atom stereocenters. The number of anilines is 1. The monoisotopic (exact) mass is 364 g/mol. The molecule has 1 heterocycles. The van der Waals surface area contributed by atoms with Crippen LogP contribution in [0.1, 0.15) is 5.56 Å². The smallest absolute Gasteiger partial charge is 0.189 e. The molecule has 0 spiro atoms. The van der Waals surface area contributed by atoms with Crippen LogP contribution in [-0.2, 0) is 6.54 Å². The molecule has 0 fully saturated rings. The van der Waals surface area contributed by atoms with E-state index in [1.807, 2.05) is 0 Å². The standard InChI is InChI=1S/C16H11BrF2N2O/c17-10-1-2-12-14(6-10)21(4-3-15(12)22)8-9-5-11(18)7-13(19)16(9)20/h1-7H,8,20H2. The van der Waals surface area contributed by atoms with Gasteiger partial charge in [-0.1, -0.05) is 15.9 Å². The fourth-order valence-electron chi connectivity index (χ4n) is 2.37. The predicted octanol–water partition coefficient (Wildman–Crippen LogP) is 3.67. The van der Waals surface area contributed by atoms with Gasteiger partial charge in [0.1, 0.15) is 11.6 Å². The number of hydrogen-bond donors (Lipinski definition) is 1. The Morgan fingerprint density at radius 2 is 1.91 bits per heavy atom. The summed E-state index contributed by atoms with van der Waals surface area (Å²) >= 11 is 3.35. The van der Waals surface area contributed by atoms with Gasteiger partial charge >= 0.3 is 0 Å². The molecule has 0 aliphatic carbocycles. The number of rotatable bonds is 2.